The average molecular weight is 272 g/mol. The zero-order valence-electron chi connectivity index (χ0n) is 12.4. The first-order chi connectivity index (χ1) is 8.73. The summed E-state index contributed by atoms with van der Waals surface area (Å²) in [5.41, 5.74) is -0.144. The molecule has 0 rings (SSSR count). The summed E-state index contributed by atoms with van der Waals surface area (Å²) in [6.45, 7) is 6.18. The van der Waals surface area contributed by atoms with Crippen LogP contribution in [0.25, 0.3) is 0 Å². The Hall–Kier alpha value is -1.06. The van der Waals surface area contributed by atoms with Gasteiger partial charge in [0.05, 0.1) is 6.42 Å². The molecule has 0 spiro atoms. The number of aliphatic carboxylic acids is 2. The van der Waals surface area contributed by atoms with E-state index in [1.807, 2.05) is 13.8 Å². The van der Waals surface area contributed by atoms with E-state index in [4.69, 9.17) is 10.2 Å². The van der Waals surface area contributed by atoms with E-state index in [2.05, 4.69) is 6.92 Å². The Morgan fingerprint density at radius 1 is 1.00 bits per heavy atom. The molecule has 4 heteroatoms. The number of carboxylic acids is 2. The first kappa shape index (κ1) is 17.9. The topological polar surface area (TPSA) is 74.6 Å². The van der Waals surface area contributed by atoms with E-state index in [9.17, 15) is 9.59 Å². The number of hydrogen-bond acceptors (Lipinski definition) is 2. The summed E-state index contributed by atoms with van der Waals surface area (Å²) in [6.07, 6.45) is 6.40. The summed E-state index contributed by atoms with van der Waals surface area (Å²) in [4.78, 5) is 21.1. The lowest BCUT2D eigenvalue weighted by atomic mass is 9.79. The molecule has 0 fully saturated rings. The SMILES string of the molecule is CC(CCCCCCC(=O)O)CC(C)(C)CC(=O)O. The fourth-order valence-corrected chi connectivity index (χ4v) is 2.65. The first-order valence-corrected chi connectivity index (χ1v) is 7.16. The van der Waals surface area contributed by atoms with Gasteiger partial charge in [0.25, 0.3) is 0 Å². The third-order valence-electron chi connectivity index (χ3n) is 3.37. The minimum Gasteiger partial charge on any atom is -0.481 e. The van der Waals surface area contributed by atoms with Gasteiger partial charge in [-0.15, -0.1) is 0 Å². The highest BCUT2D eigenvalue weighted by atomic mass is 16.4. The molecule has 0 aliphatic heterocycles. The fourth-order valence-electron chi connectivity index (χ4n) is 2.65. The average Bonchev–Trinajstić information content (AvgIpc) is 2.19. The van der Waals surface area contributed by atoms with Gasteiger partial charge in [0.2, 0.25) is 0 Å². The van der Waals surface area contributed by atoms with Gasteiger partial charge in [0, 0.05) is 6.42 Å². The smallest absolute Gasteiger partial charge is 0.303 e. The Bertz CT molecular complexity index is 284. The highest BCUT2D eigenvalue weighted by Gasteiger charge is 2.23. The molecule has 4 nitrogen and oxygen atoms in total. The van der Waals surface area contributed by atoms with Crippen LogP contribution in [-0.2, 0) is 9.59 Å². The molecule has 0 heterocycles. The van der Waals surface area contributed by atoms with Crippen molar-refractivity contribution in [2.75, 3.05) is 0 Å². The van der Waals surface area contributed by atoms with Gasteiger partial charge in [0.15, 0.2) is 0 Å². The standard InChI is InChI=1S/C15H28O4/c1-12(10-15(2,3)11-14(18)19)8-6-4-5-7-9-13(16)17/h12H,4-11H2,1-3H3,(H,16,17)(H,18,19). The maximum atomic E-state index is 10.7. The van der Waals surface area contributed by atoms with Gasteiger partial charge in [-0.1, -0.05) is 46.5 Å². The molecule has 19 heavy (non-hydrogen) atoms. The number of carbonyl (C=O) groups is 2. The van der Waals surface area contributed by atoms with Crippen LogP contribution >= 0.6 is 0 Å². The second kappa shape index (κ2) is 8.94. The van der Waals surface area contributed by atoms with Gasteiger partial charge < -0.3 is 10.2 Å². The van der Waals surface area contributed by atoms with E-state index in [0.29, 0.717) is 5.92 Å². The Balaban J connectivity index is 3.66. The Morgan fingerprint density at radius 2 is 1.58 bits per heavy atom. The van der Waals surface area contributed by atoms with Gasteiger partial charge in [0.1, 0.15) is 0 Å². The van der Waals surface area contributed by atoms with Crippen molar-refractivity contribution in [3.63, 3.8) is 0 Å². The van der Waals surface area contributed by atoms with E-state index < -0.39 is 11.9 Å². The van der Waals surface area contributed by atoms with Crippen molar-refractivity contribution in [1.29, 1.82) is 0 Å². The monoisotopic (exact) mass is 272 g/mol. The molecule has 0 aromatic heterocycles. The summed E-state index contributed by atoms with van der Waals surface area (Å²) in [5, 5.41) is 17.3. The Kier molecular flexibility index (Phi) is 8.44. The van der Waals surface area contributed by atoms with Gasteiger partial charge in [-0.2, -0.15) is 0 Å². The lowest BCUT2D eigenvalue weighted by Gasteiger charge is -2.26. The molecule has 112 valence electrons. The highest BCUT2D eigenvalue weighted by molar-refractivity contribution is 5.67. The third kappa shape index (κ3) is 11.7. The molecule has 0 amide bonds. The van der Waals surface area contributed by atoms with Crippen LogP contribution in [-0.4, -0.2) is 22.2 Å². The van der Waals surface area contributed by atoms with Crippen LogP contribution in [0.1, 0.15) is 72.1 Å². The van der Waals surface area contributed by atoms with E-state index in [-0.39, 0.29) is 18.3 Å². The van der Waals surface area contributed by atoms with Crippen LogP contribution in [0.3, 0.4) is 0 Å². The van der Waals surface area contributed by atoms with Crippen molar-refractivity contribution < 1.29 is 19.8 Å². The maximum absolute atomic E-state index is 10.7. The minimum absolute atomic E-state index is 0.144. The summed E-state index contributed by atoms with van der Waals surface area (Å²) in [7, 11) is 0. The van der Waals surface area contributed by atoms with Crippen molar-refractivity contribution in [1.82, 2.24) is 0 Å². The van der Waals surface area contributed by atoms with Crippen LogP contribution in [0.15, 0.2) is 0 Å². The predicted molar refractivity (Wildman–Crippen MR) is 75.2 cm³/mol. The zero-order chi connectivity index (χ0) is 14.9. The van der Waals surface area contributed by atoms with Crippen LogP contribution in [0, 0.1) is 11.3 Å². The minimum atomic E-state index is -0.731. The molecular formula is C15H28O4. The second-order valence-electron chi connectivity index (χ2n) is 6.39. The van der Waals surface area contributed by atoms with Gasteiger partial charge in [-0.05, 0) is 24.2 Å². The largest absolute Gasteiger partial charge is 0.481 e. The van der Waals surface area contributed by atoms with Gasteiger partial charge >= 0.3 is 11.9 Å². The number of hydrogen-bond donors (Lipinski definition) is 2. The van der Waals surface area contributed by atoms with E-state index >= 15 is 0 Å². The molecule has 0 aromatic carbocycles. The van der Waals surface area contributed by atoms with Gasteiger partial charge in [-0.3, -0.25) is 9.59 Å². The van der Waals surface area contributed by atoms with Crippen molar-refractivity contribution in [2.45, 2.75) is 72.1 Å². The fraction of sp³-hybridized carbons (Fsp3) is 0.867. The molecule has 0 radical (unpaired) electrons. The summed E-state index contributed by atoms with van der Waals surface area (Å²) in [6, 6.07) is 0. The molecule has 0 aliphatic rings. The van der Waals surface area contributed by atoms with Crippen LogP contribution in [0.4, 0.5) is 0 Å². The van der Waals surface area contributed by atoms with Crippen LogP contribution in [0.5, 0.6) is 0 Å². The lowest BCUT2D eigenvalue weighted by Crippen LogP contribution is -2.19. The van der Waals surface area contributed by atoms with E-state index in [1.165, 1.54) is 0 Å². The lowest BCUT2D eigenvalue weighted by molar-refractivity contribution is -0.139. The second-order valence-corrected chi connectivity index (χ2v) is 6.39. The van der Waals surface area contributed by atoms with Crippen molar-refractivity contribution in [2.24, 2.45) is 11.3 Å². The van der Waals surface area contributed by atoms with Crippen LogP contribution < -0.4 is 0 Å². The summed E-state index contributed by atoms with van der Waals surface area (Å²) >= 11 is 0. The van der Waals surface area contributed by atoms with E-state index in [0.717, 1.165) is 38.5 Å². The molecule has 0 bridgehead atoms. The molecule has 0 saturated heterocycles. The molecule has 1 unspecified atom stereocenters. The third-order valence-corrected chi connectivity index (χ3v) is 3.37. The Morgan fingerprint density at radius 3 is 2.11 bits per heavy atom. The summed E-state index contributed by atoms with van der Waals surface area (Å²) < 4.78 is 0. The van der Waals surface area contributed by atoms with Crippen LogP contribution in [0.2, 0.25) is 0 Å². The van der Waals surface area contributed by atoms with Crippen molar-refractivity contribution in [3.8, 4) is 0 Å². The zero-order valence-corrected chi connectivity index (χ0v) is 12.4. The predicted octanol–water partition coefficient (Wildman–Crippen LogP) is 3.94. The molecule has 0 saturated carbocycles. The Labute approximate surface area is 116 Å². The van der Waals surface area contributed by atoms with Crippen molar-refractivity contribution in [3.05, 3.63) is 0 Å². The van der Waals surface area contributed by atoms with Crippen molar-refractivity contribution >= 4 is 11.9 Å². The molecule has 1 atom stereocenters. The van der Waals surface area contributed by atoms with Gasteiger partial charge in [-0.25, -0.2) is 0 Å². The molecular weight excluding hydrogens is 244 g/mol. The molecule has 0 aliphatic carbocycles. The normalized spacial score (nSPS) is 13.2. The maximum Gasteiger partial charge on any atom is 0.303 e. The van der Waals surface area contributed by atoms with E-state index in [1.54, 1.807) is 0 Å². The first-order valence-electron chi connectivity index (χ1n) is 7.16. The highest BCUT2D eigenvalue weighted by Crippen LogP contribution is 2.31. The molecule has 2 N–H and O–H groups in total. The molecule has 0 aromatic rings. The summed E-state index contributed by atoms with van der Waals surface area (Å²) in [5.74, 6) is -0.927. The quantitative estimate of drug-likeness (QED) is 0.559. The number of rotatable bonds is 11. The number of unbranched alkanes of at least 4 members (excludes halogenated alkanes) is 3. The number of carboxylic acid groups (broad SMARTS) is 2.